The van der Waals surface area contributed by atoms with Crippen molar-refractivity contribution in [3.63, 3.8) is 0 Å². The first-order valence-electron chi connectivity index (χ1n) is 3.43. The van der Waals surface area contributed by atoms with Crippen molar-refractivity contribution < 1.29 is 19.1 Å². The minimum absolute atomic E-state index is 0.181. The molecule has 0 aliphatic carbocycles. The van der Waals surface area contributed by atoms with Gasteiger partial charge in [0.1, 0.15) is 0 Å². The molecule has 0 aromatic carbocycles. The van der Waals surface area contributed by atoms with Gasteiger partial charge in [0.05, 0.1) is 13.0 Å². The number of esters is 2. The van der Waals surface area contributed by atoms with Crippen LogP contribution in [-0.4, -0.2) is 25.2 Å². The Morgan fingerprint density at radius 3 is 2.73 bits per heavy atom. The second-order valence-corrected chi connectivity index (χ2v) is 2.59. The molecule has 0 radical (unpaired) electrons. The van der Waals surface area contributed by atoms with E-state index >= 15 is 0 Å². The number of carbonyl (C=O) groups excluding carboxylic acids is 2. The van der Waals surface area contributed by atoms with Crippen LogP contribution in [0.25, 0.3) is 0 Å². The van der Waals surface area contributed by atoms with E-state index in [4.69, 9.17) is 4.74 Å². The molecule has 11 heavy (non-hydrogen) atoms. The quantitative estimate of drug-likeness (QED) is 0.508. The van der Waals surface area contributed by atoms with E-state index in [0.717, 1.165) is 0 Å². The van der Waals surface area contributed by atoms with Crippen molar-refractivity contribution in [1.82, 2.24) is 0 Å². The number of ether oxygens (including phenoxy) is 2. The molecule has 0 saturated carbocycles. The average Bonchev–Trinajstić information content (AvgIpc) is 2.31. The number of cyclic esters (lactones) is 1. The minimum Gasteiger partial charge on any atom is -0.466 e. The monoisotopic (exact) mass is 158 g/mol. The van der Waals surface area contributed by atoms with E-state index in [2.05, 4.69) is 4.74 Å². The van der Waals surface area contributed by atoms with Crippen LogP contribution in [0.4, 0.5) is 0 Å². The second kappa shape index (κ2) is 2.90. The summed E-state index contributed by atoms with van der Waals surface area (Å²) in [6, 6.07) is 0. The fraction of sp³-hybridized carbons (Fsp3) is 0.714. The Hall–Kier alpha value is -1.06. The maximum absolute atomic E-state index is 10.8. The Balaban J connectivity index is 2.53. The van der Waals surface area contributed by atoms with Gasteiger partial charge in [0.2, 0.25) is 0 Å². The zero-order valence-corrected chi connectivity index (χ0v) is 6.49. The minimum atomic E-state index is -0.678. The molecule has 1 fully saturated rings. The van der Waals surface area contributed by atoms with Gasteiger partial charge < -0.3 is 9.47 Å². The van der Waals surface area contributed by atoms with Gasteiger partial charge in [0.25, 0.3) is 0 Å². The lowest BCUT2D eigenvalue weighted by Gasteiger charge is -2.04. The van der Waals surface area contributed by atoms with E-state index < -0.39 is 12.1 Å². The van der Waals surface area contributed by atoms with E-state index in [0.29, 0.717) is 6.42 Å². The van der Waals surface area contributed by atoms with Gasteiger partial charge in [-0.25, -0.2) is 4.79 Å². The van der Waals surface area contributed by atoms with Gasteiger partial charge in [-0.1, -0.05) is 6.92 Å². The molecule has 0 amide bonds. The highest BCUT2D eigenvalue weighted by molar-refractivity contribution is 5.83. The number of hydrogen-bond acceptors (Lipinski definition) is 4. The Morgan fingerprint density at radius 1 is 1.73 bits per heavy atom. The molecular formula is C7H10O4. The third kappa shape index (κ3) is 1.50. The maximum Gasteiger partial charge on any atom is 0.347 e. The van der Waals surface area contributed by atoms with E-state index in [-0.39, 0.29) is 11.9 Å². The van der Waals surface area contributed by atoms with Gasteiger partial charge in [-0.05, 0) is 0 Å². The van der Waals surface area contributed by atoms with Crippen LogP contribution in [0.2, 0.25) is 0 Å². The summed E-state index contributed by atoms with van der Waals surface area (Å²) in [5, 5.41) is 0. The highest BCUT2D eigenvalue weighted by Crippen LogP contribution is 2.20. The van der Waals surface area contributed by atoms with E-state index in [1.54, 1.807) is 6.92 Å². The van der Waals surface area contributed by atoms with Gasteiger partial charge in [-0.15, -0.1) is 0 Å². The largest absolute Gasteiger partial charge is 0.466 e. The van der Waals surface area contributed by atoms with Crippen LogP contribution in [0.15, 0.2) is 0 Å². The van der Waals surface area contributed by atoms with E-state index in [9.17, 15) is 9.59 Å². The van der Waals surface area contributed by atoms with Crippen LogP contribution in [-0.2, 0) is 19.1 Å². The highest BCUT2D eigenvalue weighted by atomic mass is 16.6. The Bertz CT molecular complexity index is 187. The second-order valence-electron chi connectivity index (χ2n) is 2.59. The molecule has 0 unspecified atom stereocenters. The maximum atomic E-state index is 10.8. The van der Waals surface area contributed by atoms with Crippen LogP contribution in [0.3, 0.4) is 0 Å². The number of carbonyl (C=O) groups is 2. The molecule has 4 nitrogen and oxygen atoms in total. The molecule has 1 aliphatic rings. The molecule has 0 bridgehead atoms. The van der Waals surface area contributed by atoms with Crippen LogP contribution in [0.1, 0.15) is 13.3 Å². The van der Waals surface area contributed by atoms with Crippen molar-refractivity contribution in [3.05, 3.63) is 0 Å². The number of hydrogen-bond donors (Lipinski definition) is 0. The van der Waals surface area contributed by atoms with Gasteiger partial charge in [-0.3, -0.25) is 4.79 Å². The topological polar surface area (TPSA) is 52.6 Å². The van der Waals surface area contributed by atoms with Crippen LogP contribution >= 0.6 is 0 Å². The van der Waals surface area contributed by atoms with Gasteiger partial charge in [0.15, 0.2) is 6.10 Å². The van der Waals surface area contributed by atoms with Crippen molar-refractivity contribution >= 4 is 11.9 Å². The summed E-state index contributed by atoms with van der Waals surface area (Å²) in [6.07, 6.45) is -0.242. The summed E-state index contributed by atoms with van der Waals surface area (Å²) >= 11 is 0. The zero-order valence-electron chi connectivity index (χ0n) is 6.49. The Labute approximate surface area is 64.5 Å². The molecule has 0 spiro atoms. The third-order valence-corrected chi connectivity index (χ3v) is 1.69. The first kappa shape index (κ1) is 8.04. The summed E-state index contributed by atoms with van der Waals surface area (Å²) in [5.41, 5.74) is 0. The number of rotatable bonds is 1. The molecule has 2 atom stereocenters. The summed E-state index contributed by atoms with van der Waals surface area (Å²) in [6.45, 7) is 1.73. The molecule has 1 heterocycles. The van der Waals surface area contributed by atoms with Gasteiger partial charge in [0, 0.05) is 6.42 Å². The van der Waals surface area contributed by atoms with Crippen molar-refractivity contribution in [2.24, 2.45) is 5.92 Å². The van der Waals surface area contributed by atoms with Crippen molar-refractivity contribution in [2.75, 3.05) is 7.11 Å². The lowest BCUT2D eigenvalue weighted by atomic mass is 10.1. The lowest BCUT2D eigenvalue weighted by Crippen LogP contribution is -2.21. The first-order chi connectivity index (χ1) is 5.15. The molecule has 0 aromatic heterocycles. The molecule has 4 heteroatoms. The lowest BCUT2D eigenvalue weighted by molar-refractivity contribution is -0.159. The van der Waals surface area contributed by atoms with Crippen LogP contribution < -0.4 is 0 Å². The van der Waals surface area contributed by atoms with E-state index in [1.807, 2.05) is 0 Å². The summed E-state index contributed by atoms with van der Waals surface area (Å²) < 4.78 is 9.13. The Kier molecular flexibility index (Phi) is 2.12. The molecule has 62 valence electrons. The smallest absolute Gasteiger partial charge is 0.347 e. The zero-order chi connectivity index (χ0) is 8.43. The predicted molar refractivity (Wildman–Crippen MR) is 35.7 cm³/mol. The van der Waals surface area contributed by atoms with Gasteiger partial charge >= 0.3 is 11.9 Å². The number of methoxy groups -OCH3 is 1. The SMILES string of the molecule is COC(=O)[C@H]1C[C@H](C)C(=O)O1. The normalized spacial score (nSPS) is 29.8. The molecule has 1 saturated heterocycles. The third-order valence-electron chi connectivity index (χ3n) is 1.69. The van der Waals surface area contributed by atoms with Crippen molar-refractivity contribution in [1.29, 1.82) is 0 Å². The van der Waals surface area contributed by atoms with Crippen molar-refractivity contribution in [3.8, 4) is 0 Å². The summed E-state index contributed by atoms with van der Waals surface area (Å²) in [4.78, 5) is 21.6. The fourth-order valence-electron chi connectivity index (χ4n) is 0.998. The first-order valence-corrected chi connectivity index (χ1v) is 3.43. The van der Waals surface area contributed by atoms with Crippen molar-refractivity contribution in [2.45, 2.75) is 19.4 Å². The van der Waals surface area contributed by atoms with E-state index in [1.165, 1.54) is 7.11 Å². The summed E-state index contributed by atoms with van der Waals surface area (Å²) in [7, 11) is 1.28. The standard InChI is InChI=1S/C7H10O4/c1-4-3-5(7(9)10-2)11-6(4)8/h4-5H,3H2,1-2H3/t4-,5+/m0/s1. The summed E-state index contributed by atoms with van der Waals surface area (Å²) in [5.74, 6) is -0.970. The predicted octanol–water partition coefficient (Wildman–Crippen LogP) is 0.111. The van der Waals surface area contributed by atoms with Crippen LogP contribution in [0, 0.1) is 5.92 Å². The Morgan fingerprint density at radius 2 is 2.36 bits per heavy atom. The molecule has 0 N–H and O–H groups in total. The van der Waals surface area contributed by atoms with Gasteiger partial charge in [-0.2, -0.15) is 0 Å². The fourth-order valence-corrected chi connectivity index (χ4v) is 0.998. The molecular weight excluding hydrogens is 148 g/mol. The van der Waals surface area contributed by atoms with Crippen LogP contribution in [0.5, 0.6) is 0 Å². The molecule has 1 aliphatic heterocycles. The average molecular weight is 158 g/mol. The molecule has 0 aromatic rings. The molecule has 1 rings (SSSR count). The highest BCUT2D eigenvalue weighted by Gasteiger charge is 2.36.